The lowest BCUT2D eigenvalue weighted by Gasteiger charge is -2.28. The van der Waals surface area contributed by atoms with Crippen molar-refractivity contribution >= 4 is 0 Å². The summed E-state index contributed by atoms with van der Waals surface area (Å²) in [5.74, 6) is 1.04. The minimum absolute atomic E-state index is 0.0794. The highest BCUT2D eigenvalue weighted by molar-refractivity contribution is 5.20. The highest BCUT2D eigenvalue weighted by Gasteiger charge is 2.39. The zero-order valence-corrected chi connectivity index (χ0v) is 12.8. The van der Waals surface area contributed by atoms with E-state index in [9.17, 15) is 5.11 Å². The Hall–Kier alpha value is -0.900. The summed E-state index contributed by atoms with van der Waals surface area (Å²) < 4.78 is 5.47. The Labute approximate surface area is 122 Å². The summed E-state index contributed by atoms with van der Waals surface area (Å²) in [5.41, 5.74) is 0.649. The van der Waals surface area contributed by atoms with Crippen LogP contribution in [-0.2, 0) is 4.74 Å². The fourth-order valence-corrected chi connectivity index (χ4v) is 2.89. The third-order valence-corrected chi connectivity index (χ3v) is 4.49. The first-order chi connectivity index (χ1) is 9.53. The smallest absolute Gasteiger partial charge is 0.105 e. The lowest BCUT2D eigenvalue weighted by atomic mass is 9.88. The molecule has 0 radical (unpaired) electrons. The van der Waals surface area contributed by atoms with Crippen molar-refractivity contribution in [1.82, 2.24) is 5.32 Å². The largest absolute Gasteiger partial charge is 0.386 e. The Morgan fingerprint density at radius 3 is 2.60 bits per heavy atom. The van der Waals surface area contributed by atoms with Crippen molar-refractivity contribution in [3.05, 3.63) is 35.9 Å². The third kappa shape index (κ3) is 3.60. The van der Waals surface area contributed by atoms with Gasteiger partial charge in [-0.1, -0.05) is 44.2 Å². The van der Waals surface area contributed by atoms with Gasteiger partial charge >= 0.3 is 0 Å². The maximum Gasteiger partial charge on any atom is 0.105 e. The van der Waals surface area contributed by atoms with Gasteiger partial charge in [-0.15, -0.1) is 0 Å². The fourth-order valence-electron chi connectivity index (χ4n) is 2.89. The third-order valence-electron chi connectivity index (χ3n) is 4.49. The average Bonchev–Trinajstić information content (AvgIpc) is 2.76. The Morgan fingerprint density at radius 2 is 2.05 bits per heavy atom. The number of benzene rings is 1. The Bertz CT molecular complexity index is 407. The monoisotopic (exact) mass is 277 g/mol. The van der Waals surface area contributed by atoms with Gasteiger partial charge in [0.05, 0.1) is 6.10 Å². The zero-order valence-electron chi connectivity index (χ0n) is 12.8. The Balaban J connectivity index is 1.90. The van der Waals surface area contributed by atoms with Crippen LogP contribution >= 0.6 is 0 Å². The van der Waals surface area contributed by atoms with Crippen LogP contribution in [0.3, 0.4) is 0 Å². The predicted octanol–water partition coefficient (Wildman–Crippen LogP) is 2.56. The van der Waals surface area contributed by atoms with Gasteiger partial charge in [-0.25, -0.2) is 0 Å². The molecule has 0 aromatic heterocycles. The molecule has 0 amide bonds. The van der Waals surface area contributed by atoms with Crippen molar-refractivity contribution < 1.29 is 9.84 Å². The second kappa shape index (κ2) is 6.70. The average molecular weight is 277 g/mol. The summed E-state index contributed by atoms with van der Waals surface area (Å²) in [5, 5.41) is 13.9. The van der Waals surface area contributed by atoms with Gasteiger partial charge in [0.1, 0.15) is 5.60 Å². The standard InChI is InChI=1S/C17H27NO2/c1-13(2)16(15-7-5-4-6-8-15)11-18-12-17(19)9-10-20-14(17)3/h4-8,13-14,16,18-19H,9-12H2,1-3H3. The van der Waals surface area contributed by atoms with E-state index >= 15 is 0 Å². The highest BCUT2D eigenvalue weighted by Crippen LogP contribution is 2.26. The van der Waals surface area contributed by atoms with Crippen molar-refractivity contribution in [2.45, 2.75) is 44.8 Å². The van der Waals surface area contributed by atoms with E-state index in [0.29, 0.717) is 25.0 Å². The van der Waals surface area contributed by atoms with Crippen molar-refractivity contribution in [1.29, 1.82) is 0 Å². The van der Waals surface area contributed by atoms with Crippen molar-refractivity contribution in [2.75, 3.05) is 19.7 Å². The van der Waals surface area contributed by atoms with Crippen LogP contribution in [-0.4, -0.2) is 36.5 Å². The van der Waals surface area contributed by atoms with Gasteiger partial charge in [0.15, 0.2) is 0 Å². The molecule has 1 heterocycles. The van der Waals surface area contributed by atoms with Crippen LogP contribution < -0.4 is 5.32 Å². The van der Waals surface area contributed by atoms with E-state index in [4.69, 9.17) is 4.74 Å². The summed E-state index contributed by atoms with van der Waals surface area (Å²) in [4.78, 5) is 0. The lowest BCUT2D eigenvalue weighted by Crippen LogP contribution is -2.46. The van der Waals surface area contributed by atoms with Gasteiger partial charge in [0.25, 0.3) is 0 Å². The molecule has 3 atom stereocenters. The molecule has 0 bridgehead atoms. The van der Waals surface area contributed by atoms with E-state index in [1.807, 2.05) is 6.92 Å². The van der Waals surface area contributed by atoms with E-state index in [0.717, 1.165) is 13.0 Å². The summed E-state index contributed by atoms with van der Waals surface area (Å²) >= 11 is 0. The number of aliphatic hydroxyl groups is 1. The van der Waals surface area contributed by atoms with Crippen molar-refractivity contribution in [3.8, 4) is 0 Å². The molecule has 2 N–H and O–H groups in total. The van der Waals surface area contributed by atoms with Crippen molar-refractivity contribution in [2.24, 2.45) is 5.92 Å². The number of hydrogen-bond donors (Lipinski definition) is 2. The maximum atomic E-state index is 10.5. The maximum absolute atomic E-state index is 10.5. The van der Waals surface area contributed by atoms with E-state index in [-0.39, 0.29) is 6.10 Å². The normalized spacial score (nSPS) is 27.9. The van der Waals surface area contributed by atoms with Crippen LogP contribution in [0.1, 0.15) is 38.7 Å². The summed E-state index contributed by atoms with van der Waals surface area (Å²) in [6, 6.07) is 10.6. The number of hydrogen-bond acceptors (Lipinski definition) is 3. The first kappa shape index (κ1) is 15.5. The first-order valence-corrected chi connectivity index (χ1v) is 7.62. The molecule has 0 spiro atoms. The highest BCUT2D eigenvalue weighted by atomic mass is 16.5. The van der Waals surface area contributed by atoms with Gasteiger partial charge in [-0.2, -0.15) is 0 Å². The van der Waals surface area contributed by atoms with Crippen LogP contribution in [0.15, 0.2) is 30.3 Å². The van der Waals surface area contributed by atoms with Crippen LogP contribution in [0.5, 0.6) is 0 Å². The summed E-state index contributed by atoms with van der Waals surface area (Å²) in [7, 11) is 0. The van der Waals surface area contributed by atoms with Gasteiger partial charge in [-0.3, -0.25) is 0 Å². The lowest BCUT2D eigenvalue weighted by molar-refractivity contribution is -0.0263. The van der Waals surface area contributed by atoms with Gasteiger partial charge in [0.2, 0.25) is 0 Å². The van der Waals surface area contributed by atoms with Crippen LogP contribution in [0.2, 0.25) is 0 Å². The molecule has 3 unspecified atom stereocenters. The van der Waals surface area contributed by atoms with Gasteiger partial charge < -0.3 is 15.2 Å². The minimum Gasteiger partial charge on any atom is -0.386 e. The van der Waals surface area contributed by atoms with Crippen LogP contribution in [0.4, 0.5) is 0 Å². The van der Waals surface area contributed by atoms with E-state index < -0.39 is 5.60 Å². The molecule has 3 nitrogen and oxygen atoms in total. The molecule has 20 heavy (non-hydrogen) atoms. The molecule has 0 aliphatic carbocycles. The number of nitrogens with one attached hydrogen (secondary N) is 1. The molecule has 1 aromatic carbocycles. The van der Waals surface area contributed by atoms with Crippen LogP contribution in [0, 0.1) is 5.92 Å². The van der Waals surface area contributed by atoms with E-state index in [1.165, 1.54) is 5.56 Å². The number of rotatable bonds is 6. The Morgan fingerprint density at radius 1 is 1.35 bits per heavy atom. The number of ether oxygens (including phenoxy) is 1. The zero-order chi connectivity index (χ0) is 14.6. The van der Waals surface area contributed by atoms with Crippen molar-refractivity contribution in [3.63, 3.8) is 0 Å². The molecule has 1 aromatic rings. The van der Waals surface area contributed by atoms with Gasteiger partial charge in [0, 0.05) is 26.1 Å². The second-order valence-electron chi connectivity index (χ2n) is 6.26. The topological polar surface area (TPSA) is 41.5 Å². The predicted molar refractivity (Wildman–Crippen MR) is 81.9 cm³/mol. The van der Waals surface area contributed by atoms with Crippen LogP contribution in [0.25, 0.3) is 0 Å². The molecular formula is C17H27NO2. The van der Waals surface area contributed by atoms with E-state index in [2.05, 4.69) is 49.5 Å². The van der Waals surface area contributed by atoms with Gasteiger partial charge in [-0.05, 0) is 24.3 Å². The molecule has 1 fully saturated rings. The van der Waals surface area contributed by atoms with E-state index in [1.54, 1.807) is 0 Å². The second-order valence-corrected chi connectivity index (χ2v) is 6.26. The first-order valence-electron chi connectivity index (χ1n) is 7.62. The molecule has 3 heteroatoms. The summed E-state index contributed by atoms with van der Waals surface area (Å²) in [6.45, 7) is 8.59. The molecule has 0 saturated carbocycles. The molecule has 1 aliphatic heterocycles. The molecule has 1 saturated heterocycles. The fraction of sp³-hybridized carbons (Fsp3) is 0.647. The SMILES string of the molecule is CC(C)C(CNCC1(O)CCOC1C)c1ccccc1. The summed E-state index contributed by atoms with van der Waals surface area (Å²) in [6.07, 6.45) is 0.642. The molecule has 112 valence electrons. The quantitative estimate of drug-likeness (QED) is 0.839. The molecular weight excluding hydrogens is 250 g/mol. The molecule has 1 aliphatic rings. The minimum atomic E-state index is -0.710. The Kier molecular flexibility index (Phi) is 5.19. The molecule has 2 rings (SSSR count).